The molecule has 0 saturated heterocycles. The number of H-pyrrole nitrogens is 1. The number of ether oxygens (including phenoxy) is 1. The number of nitrogens with zero attached hydrogens (tertiary/aromatic N) is 1. The molecule has 112 valence electrons. The lowest BCUT2D eigenvalue weighted by Crippen LogP contribution is -1.87. The van der Waals surface area contributed by atoms with Crippen LogP contribution in [0.2, 0.25) is 0 Å². The Labute approximate surface area is 127 Å². The van der Waals surface area contributed by atoms with Crippen molar-refractivity contribution < 1.29 is 14.9 Å². The highest BCUT2D eigenvalue weighted by molar-refractivity contribution is 5.72. The Balaban J connectivity index is 1.91. The topological polar surface area (TPSA) is 78.4 Å². The van der Waals surface area contributed by atoms with Crippen molar-refractivity contribution in [3.63, 3.8) is 0 Å². The number of phenolic OH excluding ortho intramolecular Hbond substituents is 2. The average Bonchev–Trinajstić information content (AvgIpc) is 2.96. The Hall–Kier alpha value is -2.95. The monoisotopic (exact) mass is 296 g/mol. The average molecular weight is 296 g/mol. The van der Waals surface area contributed by atoms with Crippen LogP contribution in [0.4, 0.5) is 0 Å². The number of rotatable bonds is 4. The van der Waals surface area contributed by atoms with Crippen LogP contribution in [-0.2, 0) is 6.42 Å². The predicted molar refractivity (Wildman–Crippen MR) is 83.2 cm³/mol. The first-order chi connectivity index (χ1) is 10.7. The van der Waals surface area contributed by atoms with Gasteiger partial charge >= 0.3 is 0 Å². The minimum atomic E-state index is -0.0571. The molecular formula is C17H16N2O3. The van der Waals surface area contributed by atoms with E-state index in [9.17, 15) is 10.2 Å². The molecule has 2 aromatic carbocycles. The van der Waals surface area contributed by atoms with E-state index >= 15 is 0 Å². The molecule has 0 aliphatic carbocycles. The number of aromatic nitrogens is 2. The predicted octanol–water partition coefficient (Wildman–Crippen LogP) is 3.84. The Morgan fingerprint density at radius 1 is 1.09 bits per heavy atom. The first-order valence-corrected chi connectivity index (χ1v) is 7.00. The molecule has 0 radical (unpaired) electrons. The van der Waals surface area contributed by atoms with Crippen LogP contribution in [0, 0.1) is 0 Å². The summed E-state index contributed by atoms with van der Waals surface area (Å²) in [5.74, 6) is 1.14. The molecule has 0 unspecified atom stereocenters. The van der Waals surface area contributed by atoms with E-state index in [1.807, 2.05) is 24.3 Å². The molecule has 22 heavy (non-hydrogen) atoms. The summed E-state index contributed by atoms with van der Waals surface area (Å²) in [6, 6.07) is 12.2. The van der Waals surface area contributed by atoms with Crippen LogP contribution in [0.1, 0.15) is 12.5 Å². The molecule has 0 saturated carbocycles. The lowest BCUT2D eigenvalue weighted by atomic mass is 10.1. The van der Waals surface area contributed by atoms with Gasteiger partial charge in [0.1, 0.15) is 22.9 Å². The molecule has 5 nitrogen and oxygen atoms in total. The number of benzene rings is 2. The highest BCUT2D eigenvalue weighted by atomic mass is 16.5. The summed E-state index contributed by atoms with van der Waals surface area (Å²) in [5.41, 5.74) is 2.20. The number of nitrogens with one attached hydrogen (secondary N) is 1. The van der Waals surface area contributed by atoms with Crippen molar-refractivity contribution in [2.24, 2.45) is 0 Å². The SMILES string of the molecule is CCc1ccc(Oc2c[nH]nc2-c2ccc(O)cc2O)cc1. The van der Waals surface area contributed by atoms with Gasteiger partial charge in [-0.2, -0.15) is 5.10 Å². The largest absolute Gasteiger partial charge is 0.508 e. The van der Waals surface area contributed by atoms with Crippen LogP contribution in [0.25, 0.3) is 11.3 Å². The molecule has 0 fully saturated rings. The second kappa shape index (κ2) is 5.81. The molecule has 3 aromatic rings. The fourth-order valence-electron chi connectivity index (χ4n) is 2.19. The molecule has 0 amide bonds. The minimum absolute atomic E-state index is 0.00518. The van der Waals surface area contributed by atoms with Gasteiger partial charge in [0.25, 0.3) is 0 Å². The standard InChI is InChI=1S/C17H16N2O3/c1-2-11-3-6-13(7-4-11)22-16-10-18-19-17(16)14-8-5-12(20)9-15(14)21/h3-10,20-21H,2H2,1H3,(H,18,19). The van der Waals surface area contributed by atoms with Gasteiger partial charge in [0.2, 0.25) is 0 Å². The molecule has 0 aliphatic rings. The van der Waals surface area contributed by atoms with E-state index in [1.165, 1.54) is 17.7 Å². The van der Waals surface area contributed by atoms with E-state index in [1.54, 1.807) is 12.3 Å². The Morgan fingerprint density at radius 2 is 1.86 bits per heavy atom. The zero-order valence-electron chi connectivity index (χ0n) is 12.1. The number of hydrogen-bond acceptors (Lipinski definition) is 4. The van der Waals surface area contributed by atoms with Gasteiger partial charge in [-0.05, 0) is 36.2 Å². The van der Waals surface area contributed by atoms with E-state index in [-0.39, 0.29) is 11.5 Å². The number of aromatic hydroxyl groups is 2. The second-order valence-corrected chi connectivity index (χ2v) is 4.90. The van der Waals surface area contributed by atoms with Gasteiger partial charge in [-0.25, -0.2) is 0 Å². The number of phenols is 2. The summed E-state index contributed by atoms with van der Waals surface area (Å²) < 4.78 is 5.82. The fourth-order valence-corrected chi connectivity index (χ4v) is 2.19. The summed E-state index contributed by atoms with van der Waals surface area (Å²) in [5, 5.41) is 26.2. The van der Waals surface area contributed by atoms with E-state index in [0.717, 1.165) is 6.42 Å². The van der Waals surface area contributed by atoms with Gasteiger partial charge in [-0.15, -0.1) is 0 Å². The highest BCUT2D eigenvalue weighted by Gasteiger charge is 2.14. The van der Waals surface area contributed by atoms with Crippen LogP contribution < -0.4 is 4.74 Å². The van der Waals surface area contributed by atoms with E-state index in [4.69, 9.17) is 4.74 Å². The summed E-state index contributed by atoms with van der Waals surface area (Å²) in [6.07, 6.45) is 2.59. The maximum absolute atomic E-state index is 9.95. The van der Waals surface area contributed by atoms with Crippen LogP contribution in [0.5, 0.6) is 23.0 Å². The summed E-state index contributed by atoms with van der Waals surface area (Å²) >= 11 is 0. The lowest BCUT2D eigenvalue weighted by Gasteiger charge is -2.08. The zero-order valence-corrected chi connectivity index (χ0v) is 12.1. The van der Waals surface area contributed by atoms with Gasteiger partial charge in [-0.3, -0.25) is 5.10 Å². The van der Waals surface area contributed by atoms with Crippen molar-refractivity contribution in [2.45, 2.75) is 13.3 Å². The van der Waals surface area contributed by atoms with E-state index < -0.39 is 0 Å². The lowest BCUT2D eigenvalue weighted by molar-refractivity contribution is 0.450. The zero-order chi connectivity index (χ0) is 15.5. The molecular weight excluding hydrogens is 280 g/mol. The van der Waals surface area contributed by atoms with Gasteiger partial charge < -0.3 is 14.9 Å². The van der Waals surface area contributed by atoms with Crippen molar-refractivity contribution in [1.29, 1.82) is 0 Å². The first kappa shape index (κ1) is 14.0. The molecule has 0 atom stereocenters. The van der Waals surface area contributed by atoms with Crippen molar-refractivity contribution >= 4 is 0 Å². The quantitative estimate of drug-likeness (QED) is 0.683. The van der Waals surface area contributed by atoms with E-state index in [2.05, 4.69) is 17.1 Å². The maximum Gasteiger partial charge on any atom is 0.173 e. The van der Waals surface area contributed by atoms with Crippen molar-refractivity contribution in [2.75, 3.05) is 0 Å². The third-order valence-electron chi connectivity index (χ3n) is 3.40. The number of hydrogen-bond donors (Lipinski definition) is 3. The van der Waals surface area contributed by atoms with Crippen LogP contribution in [0.3, 0.4) is 0 Å². The molecule has 0 aliphatic heterocycles. The van der Waals surface area contributed by atoms with Gasteiger partial charge in [-0.1, -0.05) is 19.1 Å². The maximum atomic E-state index is 9.95. The Morgan fingerprint density at radius 3 is 2.55 bits per heavy atom. The smallest absolute Gasteiger partial charge is 0.173 e. The summed E-state index contributed by atoms with van der Waals surface area (Å²) in [4.78, 5) is 0. The van der Waals surface area contributed by atoms with Crippen molar-refractivity contribution in [3.8, 4) is 34.3 Å². The molecule has 3 N–H and O–H groups in total. The third-order valence-corrected chi connectivity index (χ3v) is 3.40. The second-order valence-electron chi connectivity index (χ2n) is 4.90. The normalized spacial score (nSPS) is 10.6. The molecule has 3 rings (SSSR count). The van der Waals surface area contributed by atoms with Gasteiger partial charge in [0.15, 0.2) is 5.75 Å². The molecule has 1 aromatic heterocycles. The fraction of sp³-hybridized carbons (Fsp3) is 0.118. The Bertz CT molecular complexity index is 779. The number of aromatic amines is 1. The first-order valence-electron chi connectivity index (χ1n) is 7.00. The van der Waals surface area contributed by atoms with Crippen molar-refractivity contribution in [1.82, 2.24) is 10.2 Å². The Kier molecular flexibility index (Phi) is 3.70. The number of aryl methyl sites for hydroxylation is 1. The summed E-state index contributed by atoms with van der Waals surface area (Å²) in [6.45, 7) is 2.09. The highest BCUT2D eigenvalue weighted by Crippen LogP contribution is 2.37. The van der Waals surface area contributed by atoms with Crippen molar-refractivity contribution in [3.05, 3.63) is 54.2 Å². The molecule has 0 spiro atoms. The van der Waals surface area contributed by atoms with Crippen LogP contribution in [0.15, 0.2) is 48.7 Å². The minimum Gasteiger partial charge on any atom is -0.508 e. The van der Waals surface area contributed by atoms with Gasteiger partial charge in [0.05, 0.1) is 6.20 Å². The third kappa shape index (κ3) is 2.74. The van der Waals surface area contributed by atoms with Crippen LogP contribution >= 0.6 is 0 Å². The van der Waals surface area contributed by atoms with E-state index in [0.29, 0.717) is 22.8 Å². The molecule has 5 heteroatoms. The molecule has 1 heterocycles. The van der Waals surface area contributed by atoms with Crippen LogP contribution in [-0.4, -0.2) is 20.4 Å². The van der Waals surface area contributed by atoms with Gasteiger partial charge in [0, 0.05) is 11.6 Å². The summed E-state index contributed by atoms with van der Waals surface area (Å²) in [7, 11) is 0. The molecule has 0 bridgehead atoms.